The molecule has 4 heterocycles. The molecular weight excluding hydrogens is 516 g/mol. The summed E-state index contributed by atoms with van der Waals surface area (Å²) in [5, 5.41) is 12.7. The lowest BCUT2D eigenvalue weighted by Crippen LogP contribution is -2.64. The van der Waals surface area contributed by atoms with Crippen molar-refractivity contribution >= 4 is 35.4 Å². The van der Waals surface area contributed by atoms with Crippen molar-refractivity contribution in [1.82, 2.24) is 24.2 Å². The van der Waals surface area contributed by atoms with Crippen molar-refractivity contribution in [1.29, 1.82) is 0 Å². The van der Waals surface area contributed by atoms with Crippen LogP contribution in [0.4, 0.5) is 0 Å². The van der Waals surface area contributed by atoms with Crippen molar-refractivity contribution in [2.75, 3.05) is 11.5 Å². The van der Waals surface area contributed by atoms with Crippen LogP contribution in [-0.2, 0) is 23.2 Å². The Kier molecular flexibility index (Phi) is 6.89. The van der Waals surface area contributed by atoms with E-state index in [0.717, 1.165) is 11.8 Å². The molecule has 2 N–H and O–H groups in total. The van der Waals surface area contributed by atoms with Crippen LogP contribution in [0, 0.1) is 0 Å². The van der Waals surface area contributed by atoms with E-state index in [1.54, 1.807) is 0 Å². The number of aromatic nitrogens is 4. The largest absolute Gasteiger partial charge is 0.477 e. The minimum atomic E-state index is -1.20. The maximum atomic E-state index is 13.0. The normalized spacial score (nSPS) is 18.8. The molecule has 2 aliphatic heterocycles. The fraction of sp³-hybridized carbons (Fsp3) is 0.250. The average molecular weight is 539 g/mol. The summed E-state index contributed by atoms with van der Waals surface area (Å²) < 4.78 is 3.32. The van der Waals surface area contributed by atoms with Gasteiger partial charge in [0.15, 0.2) is 11.2 Å². The fourth-order valence-corrected chi connectivity index (χ4v) is 6.48. The summed E-state index contributed by atoms with van der Waals surface area (Å²) in [5.41, 5.74) is -0.108. The first-order chi connectivity index (χ1) is 17.8. The number of nitrogens with zero attached hydrogens (tertiary/aromatic N) is 5. The topological polar surface area (TPSA) is 143 Å². The van der Waals surface area contributed by atoms with Crippen molar-refractivity contribution in [3.05, 3.63) is 97.8 Å². The van der Waals surface area contributed by atoms with E-state index in [9.17, 15) is 24.3 Å². The van der Waals surface area contributed by atoms with Gasteiger partial charge in [0.1, 0.15) is 11.1 Å². The molecule has 0 unspecified atom stereocenters. The van der Waals surface area contributed by atoms with Gasteiger partial charge in [-0.15, -0.1) is 11.8 Å². The maximum absolute atomic E-state index is 13.0. The van der Waals surface area contributed by atoms with Crippen LogP contribution in [0.15, 0.2) is 85.9 Å². The Labute approximate surface area is 218 Å². The molecule has 11 nitrogen and oxygen atoms in total. The van der Waals surface area contributed by atoms with Crippen molar-refractivity contribution in [2.24, 2.45) is 12.0 Å². The zero-order valence-electron chi connectivity index (χ0n) is 19.6. The lowest BCUT2D eigenvalue weighted by molar-refractivity contribution is -0.147. The minimum absolute atomic E-state index is 0.0594. The predicted molar refractivity (Wildman–Crippen MR) is 138 cm³/mol. The summed E-state index contributed by atoms with van der Waals surface area (Å²) in [6.07, 6.45) is 3.80. The third kappa shape index (κ3) is 5.04. The van der Waals surface area contributed by atoms with Crippen LogP contribution in [0.1, 0.15) is 5.56 Å². The number of H-pyrrole nitrogens is 1. The second-order valence-electron chi connectivity index (χ2n) is 8.44. The number of rotatable bonds is 7. The van der Waals surface area contributed by atoms with E-state index >= 15 is 0 Å². The number of carbonyl (C=O) groups is 2. The molecule has 2 aromatic heterocycles. The molecule has 1 saturated heterocycles. The molecule has 0 aliphatic carbocycles. The first kappa shape index (κ1) is 24.8. The molecule has 5 rings (SSSR count). The number of carboxylic acid groups (broad SMARTS) is 1. The number of aromatic amines is 1. The van der Waals surface area contributed by atoms with Crippen LogP contribution in [0.3, 0.4) is 0 Å². The van der Waals surface area contributed by atoms with Gasteiger partial charge in [-0.25, -0.2) is 4.79 Å². The van der Waals surface area contributed by atoms with Gasteiger partial charge < -0.3 is 9.67 Å². The quantitative estimate of drug-likeness (QED) is 0.253. The average Bonchev–Trinajstić information content (AvgIpc) is 2.89. The number of hydrogen-bond acceptors (Lipinski definition) is 8. The molecule has 0 spiro atoms. The van der Waals surface area contributed by atoms with Crippen molar-refractivity contribution in [3.8, 4) is 0 Å². The number of aliphatic carboxylic acids is 1. The van der Waals surface area contributed by atoms with Gasteiger partial charge in [-0.05, 0) is 23.3 Å². The Morgan fingerprint density at radius 3 is 2.62 bits per heavy atom. The molecule has 0 bridgehead atoms. The van der Waals surface area contributed by atoms with Gasteiger partial charge in [-0.1, -0.05) is 42.1 Å². The molecule has 1 amide bonds. The number of thioether (sulfide) groups is 2. The maximum Gasteiger partial charge on any atom is 0.352 e. The summed E-state index contributed by atoms with van der Waals surface area (Å²) in [6.45, 7) is 0.714. The highest BCUT2D eigenvalue weighted by Crippen LogP contribution is 2.42. The van der Waals surface area contributed by atoms with Crippen LogP contribution in [0.5, 0.6) is 0 Å². The molecule has 37 heavy (non-hydrogen) atoms. The second kappa shape index (κ2) is 10.3. The molecule has 2 atom stereocenters. The van der Waals surface area contributed by atoms with Crippen LogP contribution >= 0.6 is 23.5 Å². The molecule has 1 aromatic carbocycles. The molecule has 0 saturated carbocycles. The number of fused-ring (bicyclic) bond motifs is 1. The lowest BCUT2D eigenvalue weighted by Gasteiger charge is -2.47. The molecule has 2 aliphatic rings. The van der Waals surface area contributed by atoms with Gasteiger partial charge in [0.2, 0.25) is 0 Å². The van der Waals surface area contributed by atoms with Crippen molar-refractivity contribution in [2.45, 2.75) is 23.1 Å². The highest BCUT2D eigenvalue weighted by molar-refractivity contribution is 8.01. The third-order valence-electron chi connectivity index (χ3n) is 5.91. The lowest BCUT2D eigenvalue weighted by atomic mass is 10.0. The fourth-order valence-electron chi connectivity index (χ4n) is 4.10. The minimum Gasteiger partial charge on any atom is -0.477 e. The highest BCUT2D eigenvalue weighted by Gasteiger charge is 2.53. The number of aryl methyl sites for hydroxylation is 1. The molecule has 1 fully saturated rings. The summed E-state index contributed by atoms with van der Waals surface area (Å²) in [7, 11) is 1.53. The number of pyridine rings is 1. The summed E-state index contributed by atoms with van der Waals surface area (Å²) in [5.74, 6) is -0.983. The SMILES string of the molecule is Cn1[nH]c(=O)c(=O)nc1SCC1=C(C(=O)O)N2C(=O)[C@H](N=c3ccn(Cc4ccccc4)cc3)[C@H]2SC1. The third-order valence-corrected chi connectivity index (χ3v) is 8.36. The number of benzene rings is 1. The second-order valence-corrected chi connectivity index (χ2v) is 10.5. The van der Waals surface area contributed by atoms with E-state index in [1.165, 1.54) is 34.0 Å². The molecule has 13 heteroatoms. The number of carbonyl (C=O) groups excluding carboxylic acids is 1. The van der Waals surface area contributed by atoms with Gasteiger partial charge in [0, 0.05) is 37.5 Å². The number of amides is 1. The number of nitrogens with one attached hydrogen (secondary N) is 1. The first-order valence-corrected chi connectivity index (χ1v) is 13.3. The van der Waals surface area contributed by atoms with Crippen LogP contribution in [-0.4, -0.2) is 64.1 Å². The van der Waals surface area contributed by atoms with Crippen LogP contribution in [0.25, 0.3) is 0 Å². The van der Waals surface area contributed by atoms with E-state index in [1.807, 2.05) is 59.4 Å². The first-order valence-electron chi connectivity index (χ1n) is 11.3. The zero-order valence-corrected chi connectivity index (χ0v) is 21.2. The molecule has 0 radical (unpaired) electrons. The van der Waals surface area contributed by atoms with Crippen LogP contribution < -0.4 is 16.5 Å². The predicted octanol–water partition coefficient (Wildman–Crippen LogP) is 0.634. The Morgan fingerprint density at radius 1 is 1.19 bits per heavy atom. The van der Waals surface area contributed by atoms with Gasteiger partial charge in [-0.2, -0.15) is 4.98 Å². The van der Waals surface area contributed by atoms with E-state index < -0.39 is 28.5 Å². The van der Waals surface area contributed by atoms with E-state index in [-0.39, 0.29) is 22.5 Å². The number of β-lactam (4-membered cyclic amide) rings is 1. The number of carboxylic acids is 1. The molecule has 190 valence electrons. The van der Waals surface area contributed by atoms with E-state index in [4.69, 9.17) is 0 Å². The highest BCUT2D eigenvalue weighted by atomic mass is 32.2. The summed E-state index contributed by atoms with van der Waals surface area (Å²) in [6, 6.07) is 13.0. The Bertz CT molecular complexity index is 1570. The van der Waals surface area contributed by atoms with E-state index in [0.29, 0.717) is 23.2 Å². The van der Waals surface area contributed by atoms with Crippen molar-refractivity contribution < 1.29 is 14.7 Å². The van der Waals surface area contributed by atoms with Crippen LogP contribution in [0.2, 0.25) is 0 Å². The summed E-state index contributed by atoms with van der Waals surface area (Å²) in [4.78, 5) is 57.7. The molecule has 3 aromatic rings. The van der Waals surface area contributed by atoms with Gasteiger partial charge in [0.05, 0.1) is 5.36 Å². The molecular formula is C24H22N6O5S2. The Balaban J connectivity index is 1.32. The van der Waals surface area contributed by atoms with Crippen molar-refractivity contribution in [3.63, 3.8) is 0 Å². The zero-order chi connectivity index (χ0) is 26.1. The van der Waals surface area contributed by atoms with Gasteiger partial charge >= 0.3 is 17.1 Å². The Hall–Kier alpha value is -3.84. The standard InChI is InChI=1S/C24H22N6O5S2/c1-28-24(26-19(31)20(32)27-28)37-13-15-12-36-22-17(21(33)30(22)18(15)23(34)35)25-16-7-9-29(10-8-16)11-14-5-3-2-4-6-14/h2-10,17,22H,11-13H2,1H3,(H,27,32)(H,34,35)/t17-,22+/m0/s1. The summed E-state index contributed by atoms with van der Waals surface area (Å²) >= 11 is 2.56. The van der Waals surface area contributed by atoms with E-state index in [2.05, 4.69) is 15.1 Å². The van der Waals surface area contributed by atoms with Gasteiger partial charge in [0.25, 0.3) is 5.91 Å². The number of hydrogen-bond donors (Lipinski definition) is 2. The monoisotopic (exact) mass is 538 g/mol. The Morgan fingerprint density at radius 2 is 1.92 bits per heavy atom. The van der Waals surface area contributed by atoms with Gasteiger partial charge in [-0.3, -0.25) is 34.1 Å². The smallest absolute Gasteiger partial charge is 0.352 e.